The van der Waals surface area contributed by atoms with Gasteiger partial charge in [0.25, 0.3) is 0 Å². The molecule has 20 heavy (non-hydrogen) atoms. The van der Waals surface area contributed by atoms with Gasteiger partial charge in [0.1, 0.15) is 5.01 Å². The van der Waals surface area contributed by atoms with Crippen molar-refractivity contribution in [1.82, 2.24) is 20.1 Å². The molecule has 0 saturated heterocycles. The van der Waals surface area contributed by atoms with Crippen LogP contribution in [-0.2, 0) is 13.5 Å². The summed E-state index contributed by atoms with van der Waals surface area (Å²) >= 11 is 1.86. The second-order valence-corrected chi connectivity index (χ2v) is 7.09. The summed E-state index contributed by atoms with van der Waals surface area (Å²) in [4.78, 5) is 6.44. The smallest absolute Gasteiger partial charge is 0.127 e. The molecule has 1 unspecified atom stereocenters. The summed E-state index contributed by atoms with van der Waals surface area (Å²) < 4.78 is 1.85. The van der Waals surface area contributed by atoms with Gasteiger partial charge in [0.2, 0.25) is 0 Å². The van der Waals surface area contributed by atoms with Crippen molar-refractivity contribution in [3.8, 4) is 10.6 Å². The summed E-state index contributed by atoms with van der Waals surface area (Å²) in [6, 6.07) is 0.789. The molecule has 5 heteroatoms. The average Bonchev–Trinajstić information content (AvgIpc) is 3.00. The highest BCUT2D eigenvalue weighted by atomic mass is 32.1. The minimum absolute atomic E-state index is 0.612. The lowest BCUT2D eigenvalue weighted by Gasteiger charge is -2.21. The van der Waals surface area contributed by atoms with E-state index in [2.05, 4.69) is 16.6 Å². The third kappa shape index (κ3) is 2.40. The molecule has 2 heterocycles. The summed E-state index contributed by atoms with van der Waals surface area (Å²) in [7, 11) is 1.96. The maximum Gasteiger partial charge on any atom is 0.127 e. The van der Waals surface area contributed by atoms with E-state index >= 15 is 0 Å². The number of aryl methyl sites for hydroxylation is 2. The molecule has 0 aromatic carbocycles. The van der Waals surface area contributed by atoms with E-state index in [-0.39, 0.29) is 0 Å². The summed E-state index contributed by atoms with van der Waals surface area (Å²) in [5.41, 5.74) is 2.51. The van der Waals surface area contributed by atoms with Crippen molar-refractivity contribution in [3.05, 3.63) is 23.0 Å². The third-order valence-electron chi connectivity index (χ3n) is 4.25. The number of fused-ring (bicyclic) bond motifs is 1. The topological polar surface area (TPSA) is 42.7 Å². The highest BCUT2D eigenvalue weighted by molar-refractivity contribution is 7.15. The fourth-order valence-corrected chi connectivity index (χ4v) is 4.12. The Morgan fingerprint density at radius 1 is 1.40 bits per heavy atom. The van der Waals surface area contributed by atoms with Crippen molar-refractivity contribution < 1.29 is 0 Å². The molecule has 0 radical (unpaired) electrons. The molecule has 1 atom stereocenters. The molecule has 2 aliphatic carbocycles. The number of thiazole rings is 1. The van der Waals surface area contributed by atoms with Crippen LogP contribution in [0.25, 0.3) is 10.6 Å². The van der Waals surface area contributed by atoms with Gasteiger partial charge in [-0.3, -0.25) is 4.68 Å². The molecule has 4 rings (SSSR count). The molecule has 1 N–H and O–H groups in total. The molecule has 0 aliphatic heterocycles. The molecular weight excluding hydrogens is 268 g/mol. The summed E-state index contributed by atoms with van der Waals surface area (Å²) in [5.74, 6) is 0.612. The first kappa shape index (κ1) is 12.5. The van der Waals surface area contributed by atoms with Crippen LogP contribution in [0, 0.1) is 0 Å². The van der Waals surface area contributed by atoms with Gasteiger partial charge in [0.15, 0.2) is 0 Å². The lowest BCUT2D eigenvalue weighted by atomic mass is 9.91. The van der Waals surface area contributed by atoms with Crippen molar-refractivity contribution in [2.24, 2.45) is 7.05 Å². The van der Waals surface area contributed by atoms with Gasteiger partial charge in [-0.15, -0.1) is 11.3 Å². The number of rotatable bonds is 4. The average molecular weight is 288 g/mol. The zero-order valence-corrected chi connectivity index (χ0v) is 12.6. The van der Waals surface area contributed by atoms with Crippen LogP contribution in [0.5, 0.6) is 0 Å². The van der Waals surface area contributed by atoms with Crippen molar-refractivity contribution in [2.45, 2.75) is 44.1 Å². The summed E-state index contributed by atoms with van der Waals surface area (Å²) in [6.07, 6.45) is 10.5. The van der Waals surface area contributed by atoms with Gasteiger partial charge in [0, 0.05) is 42.2 Å². The van der Waals surface area contributed by atoms with Crippen LogP contribution >= 0.6 is 11.3 Å². The molecule has 0 spiro atoms. The standard InChI is InChI=1S/C15H20N4S/c1-19-9-11(8-17-19)15-18-14-10(7-16-12-5-6-12)3-2-4-13(14)20-15/h8-10,12,16H,2-7H2,1H3. The second kappa shape index (κ2) is 4.97. The van der Waals surface area contributed by atoms with Gasteiger partial charge >= 0.3 is 0 Å². The SMILES string of the molecule is Cn1cc(-c2nc3c(s2)CCCC3CNC2CC2)cn1. The molecule has 2 aromatic rings. The first-order chi connectivity index (χ1) is 9.79. The second-order valence-electron chi connectivity index (χ2n) is 6.00. The van der Waals surface area contributed by atoms with E-state index in [1.165, 1.54) is 42.7 Å². The number of nitrogens with one attached hydrogen (secondary N) is 1. The van der Waals surface area contributed by atoms with Gasteiger partial charge in [-0.25, -0.2) is 4.98 Å². The molecule has 1 saturated carbocycles. The monoisotopic (exact) mass is 288 g/mol. The fourth-order valence-electron chi connectivity index (χ4n) is 2.96. The quantitative estimate of drug-likeness (QED) is 0.940. The van der Waals surface area contributed by atoms with E-state index in [4.69, 9.17) is 4.98 Å². The van der Waals surface area contributed by atoms with Crippen molar-refractivity contribution in [1.29, 1.82) is 0 Å². The summed E-state index contributed by atoms with van der Waals surface area (Å²) in [5, 5.41) is 9.07. The van der Waals surface area contributed by atoms with Gasteiger partial charge in [0.05, 0.1) is 11.9 Å². The molecule has 2 aromatic heterocycles. The predicted molar refractivity (Wildman–Crippen MR) is 81.0 cm³/mol. The Morgan fingerprint density at radius 2 is 2.30 bits per heavy atom. The predicted octanol–water partition coefficient (Wildman–Crippen LogP) is 2.72. The highest BCUT2D eigenvalue weighted by Gasteiger charge is 2.28. The molecular formula is C15H20N4S. The number of hydrogen-bond acceptors (Lipinski definition) is 4. The van der Waals surface area contributed by atoms with Crippen LogP contribution in [0.3, 0.4) is 0 Å². The van der Waals surface area contributed by atoms with Gasteiger partial charge < -0.3 is 5.32 Å². The minimum Gasteiger partial charge on any atom is -0.313 e. The Balaban J connectivity index is 1.58. The van der Waals surface area contributed by atoms with E-state index in [0.29, 0.717) is 5.92 Å². The summed E-state index contributed by atoms with van der Waals surface area (Å²) in [6.45, 7) is 1.11. The van der Waals surface area contributed by atoms with Crippen LogP contribution in [0.4, 0.5) is 0 Å². The molecule has 2 aliphatic rings. The lowest BCUT2D eigenvalue weighted by Crippen LogP contribution is -2.25. The Bertz CT molecular complexity index is 611. The van der Waals surface area contributed by atoms with Crippen molar-refractivity contribution >= 4 is 11.3 Å². The molecule has 0 amide bonds. The maximum atomic E-state index is 4.94. The molecule has 4 nitrogen and oxygen atoms in total. The minimum atomic E-state index is 0.612. The largest absolute Gasteiger partial charge is 0.313 e. The normalized spacial score (nSPS) is 21.9. The Morgan fingerprint density at radius 3 is 3.05 bits per heavy atom. The van der Waals surface area contributed by atoms with Crippen molar-refractivity contribution in [2.75, 3.05) is 6.54 Å². The molecule has 1 fully saturated rings. The fraction of sp³-hybridized carbons (Fsp3) is 0.600. The van der Waals surface area contributed by atoms with E-state index < -0.39 is 0 Å². The van der Waals surface area contributed by atoms with Crippen molar-refractivity contribution in [3.63, 3.8) is 0 Å². The number of hydrogen-bond donors (Lipinski definition) is 1. The first-order valence-electron chi connectivity index (χ1n) is 7.51. The number of aromatic nitrogens is 3. The van der Waals surface area contributed by atoms with Gasteiger partial charge in [-0.05, 0) is 32.1 Å². The zero-order valence-electron chi connectivity index (χ0n) is 11.8. The highest BCUT2D eigenvalue weighted by Crippen LogP contribution is 2.38. The van der Waals surface area contributed by atoms with Crippen LogP contribution < -0.4 is 5.32 Å². The Labute approximate surface area is 123 Å². The van der Waals surface area contributed by atoms with Crippen LogP contribution in [0.2, 0.25) is 0 Å². The zero-order chi connectivity index (χ0) is 13.5. The van der Waals surface area contributed by atoms with E-state index in [9.17, 15) is 0 Å². The number of nitrogens with zero attached hydrogens (tertiary/aromatic N) is 3. The third-order valence-corrected chi connectivity index (χ3v) is 5.43. The van der Waals surface area contributed by atoms with E-state index in [1.807, 2.05) is 29.3 Å². The lowest BCUT2D eigenvalue weighted by molar-refractivity contribution is 0.500. The van der Waals surface area contributed by atoms with E-state index in [1.54, 1.807) is 0 Å². The van der Waals surface area contributed by atoms with Gasteiger partial charge in [-0.2, -0.15) is 5.10 Å². The maximum absolute atomic E-state index is 4.94. The Hall–Kier alpha value is -1.20. The molecule has 106 valence electrons. The van der Waals surface area contributed by atoms with Crippen LogP contribution in [0.15, 0.2) is 12.4 Å². The van der Waals surface area contributed by atoms with Crippen LogP contribution in [-0.4, -0.2) is 27.4 Å². The van der Waals surface area contributed by atoms with E-state index in [0.717, 1.165) is 23.2 Å². The van der Waals surface area contributed by atoms with Crippen LogP contribution in [0.1, 0.15) is 42.2 Å². The first-order valence-corrected chi connectivity index (χ1v) is 8.33. The molecule has 0 bridgehead atoms. The Kier molecular flexibility index (Phi) is 3.11. The van der Waals surface area contributed by atoms with Gasteiger partial charge in [-0.1, -0.05) is 0 Å².